The highest BCUT2D eigenvalue weighted by Crippen LogP contribution is 2.29. The van der Waals surface area contributed by atoms with Gasteiger partial charge in [0.2, 0.25) is 0 Å². The van der Waals surface area contributed by atoms with Gasteiger partial charge in [0.1, 0.15) is 5.76 Å². The smallest absolute Gasteiger partial charge is 0.252 e. The molecule has 8 heteroatoms. The summed E-state index contributed by atoms with van der Waals surface area (Å²) in [5, 5.41) is 13.6. The molecule has 4 aromatic rings. The van der Waals surface area contributed by atoms with Gasteiger partial charge in [-0.15, -0.1) is 5.10 Å². The maximum absolute atomic E-state index is 13.0. The van der Waals surface area contributed by atoms with Gasteiger partial charge in [0.05, 0.1) is 30.9 Å². The van der Waals surface area contributed by atoms with Crippen molar-refractivity contribution >= 4 is 10.9 Å². The fraction of sp³-hybridized carbons (Fsp3) is 0.417. The maximum atomic E-state index is 13.0. The monoisotopic (exact) mass is 432 g/mol. The number of fused-ring (bicyclic) bond motifs is 1. The number of pyridine rings is 1. The molecule has 0 atom stereocenters. The van der Waals surface area contributed by atoms with Crippen molar-refractivity contribution in [3.05, 3.63) is 75.2 Å². The van der Waals surface area contributed by atoms with Crippen LogP contribution in [0.4, 0.5) is 0 Å². The Morgan fingerprint density at radius 2 is 1.94 bits per heavy atom. The van der Waals surface area contributed by atoms with Crippen LogP contribution in [0.5, 0.6) is 0 Å². The zero-order valence-corrected chi connectivity index (χ0v) is 18.5. The SMILES string of the molecule is Cc1ccc(C)c2[nH]c(=O)c(CN(Cc3ccco3)Cc3nnnn3C3CCCC3)cc12. The number of furan rings is 1. The highest BCUT2D eigenvalue weighted by atomic mass is 16.3. The number of aromatic nitrogens is 5. The Morgan fingerprint density at radius 1 is 1.12 bits per heavy atom. The Labute approximate surface area is 186 Å². The van der Waals surface area contributed by atoms with E-state index in [0.717, 1.165) is 52.0 Å². The fourth-order valence-corrected chi connectivity index (χ4v) is 4.72. The third-order valence-electron chi connectivity index (χ3n) is 6.47. The van der Waals surface area contributed by atoms with E-state index in [9.17, 15) is 4.79 Å². The summed E-state index contributed by atoms with van der Waals surface area (Å²) in [7, 11) is 0. The van der Waals surface area contributed by atoms with Gasteiger partial charge in [0.15, 0.2) is 5.82 Å². The lowest BCUT2D eigenvalue weighted by Gasteiger charge is -2.22. The van der Waals surface area contributed by atoms with E-state index in [2.05, 4.69) is 38.4 Å². The van der Waals surface area contributed by atoms with Crippen molar-refractivity contribution in [2.45, 2.75) is 65.2 Å². The number of aryl methyl sites for hydroxylation is 2. The van der Waals surface area contributed by atoms with Gasteiger partial charge in [-0.05, 0) is 66.4 Å². The standard InChI is InChI=1S/C24H28N6O2/c1-16-9-10-17(2)23-21(16)12-18(24(31)25-23)13-29(14-20-8-5-11-32-20)15-22-26-27-28-30(22)19-6-3-4-7-19/h5,8-12,19H,3-4,6-7,13-15H2,1-2H3,(H,25,31). The van der Waals surface area contributed by atoms with Crippen LogP contribution in [0.2, 0.25) is 0 Å². The van der Waals surface area contributed by atoms with Crippen LogP contribution in [0.3, 0.4) is 0 Å². The highest BCUT2D eigenvalue weighted by Gasteiger charge is 2.23. The number of nitrogens with one attached hydrogen (secondary N) is 1. The minimum atomic E-state index is -0.0639. The number of H-pyrrole nitrogens is 1. The first-order valence-electron chi connectivity index (χ1n) is 11.2. The molecule has 0 amide bonds. The average molecular weight is 433 g/mol. The van der Waals surface area contributed by atoms with Gasteiger partial charge >= 0.3 is 0 Å². The molecule has 0 radical (unpaired) electrons. The van der Waals surface area contributed by atoms with Crippen LogP contribution in [0.15, 0.2) is 45.8 Å². The molecule has 0 bridgehead atoms. The highest BCUT2D eigenvalue weighted by molar-refractivity contribution is 5.85. The van der Waals surface area contributed by atoms with E-state index >= 15 is 0 Å². The molecule has 166 valence electrons. The van der Waals surface area contributed by atoms with Gasteiger partial charge in [-0.2, -0.15) is 0 Å². The summed E-state index contributed by atoms with van der Waals surface area (Å²) in [6.45, 7) is 5.66. The first kappa shape index (κ1) is 20.6. The molecule has 3 aromatic heterocycles. The number of benzene rings is 1. The minimum absolute atomic E-state index is 0.0639. The molecule has 1 aromatic carbocycles. The van der Waals surface area contributed by atoms with Crippen LogP contribution >= 0.6 is 0 Å². The molecule has 8 nitrogen and oxygen atoms in total. The molecule has 5 rings (SSSR count). The summed E-state index contributed by atoms with van der Waals surface area (Å²) < 4.78 is 7.57. The van der Waals surface area contributed by atoms with Crippen molar-refractivity contribution in [3.8, 4) is 0 Å². The van der Waals surface area contributed by atoms with Crippen LogP contribution in [-0.2, 0) is 19.6 Å². The van der Waals surface area contributed by atoms with Crippen LogP contribution in [0.25, 0.3) is 10.9 Å². The van der Waals surface area contributed by atoms with Crippen LogP contribution < -0.4 is 5.56 Å². The largest absolute Gasteiger partial charge is 0.468 e. The van der Waals surface area contributed by atoms with Crippen molar-refractivity contribution in [3.63, 3.8) is 0 Å². The maximum Gasteiger partial charge on any atom is 0.252 e. The van der Waals surface area contributed by atoms with Crippen molar-refractivity contribution in [1.82, 2.24) is 30.1 Å². The zero-order valence-electron chi connectivity index (χ0n) is 18.5. The summed E-state index contributed by atoms with van der Waals surface area (Å²) >= 11 is 0. The average Bonchev–Trinajstić information content (AvgIpc) is 3.54. The van der Waals surface area contributed by atoms with Gasteiger partial charge in [0.25, 0.3) is 5.56 Å². The molecule has 0 aliphatic heterocycles. The summed E-state index contributed by atoms with van der Waals surface area (Å²) in [5.74, 6) is 1.67. The summed E-state index contributed by atoms with van der Waals surface area (Å²) in [5.41, 5.74) is 3.77. The van der Waals surface area contributed by atoms with E-state index in [-0.39, 0.29) is 5.56 Å². The fourth-order valence-electron chi connectivity index (χ4n) is 4.72. The number of tetrazole rings is 1. The third-order valence-corrected chi connectivity index (χ3v) is 6.47. The molecule has 1 saturated carbocycles. The summed E-state index contributed by atoms with van der Waals surface area (Å²) in [4.78, 5) is 18.2. The molecule has 0 spiro atoms. The summed E-state index contributed by atoms with van der Waals surface area (Å²) in [6, 6.07) is 10.3. The molecular weight excluding hydrogens is 404 g/mol. The Bertz CT molecular complexity index is 1270. The van der Waals surface area contributed by atoms with Crippen molar-refractivity contribution < 1.29 is 4.42 Å². The first-order chi connectivity index (χ1) is 15.6. The lowest BCUT2D eigenvalue weighted by atomic mass is 10.0. The quantitative estimate of drug-likeness (QED) is 0.474. The second-order valence-corrected chi connectivity index (χ2v) is 8.81. The van der Waals surface area contributed by atoms with Crippen LogP contribution in [-0.4, -0.2) is 30.1 Å². The Morgan fingerprint density at radius 3 is 2.72 bits per heavy atom. The lowest BCUT2D eigenvalue weighted by molar-refractivity contribution is 0.213. The second-order valence-electron chi connectivity index (χ2n) is 8.81. The third kappa shape index (κ3) is 4.10. The molecule has 3 heterocycles. The van der Waals surface area contributed by atoms with Crippen molar-refractivity contribution in [2.75, 3.05) is 0 Å². The van der Waals surface area contributed by atoms with E-state index in [1.165, 1.54) is 12.8 Å². The molecule has 32 heavy (non-hydrogen) atoms. The molecule has 0 unspecified atom stereocenters. The molecule has 1 N–H and O–H groups in total. The molecule has 0 saturated heterocycles. The Balaban J connectivity index is 1.47. The predicted octanol–water partition coefficient (Wildman–Crippen LogP) is 4.04. The number of aromatic amines is 1. The Kier molecular flexibility index (Phi) is 5.61. The molecule has 1 fully saturated rings. The molecule has 1 aliphatic rings. The second kappa shape index (κ2) is 8.70. The van der Waals surface area contributed by atoms with E-state index in [1.807, 2.05) is 35.9 Å². The van der Waals surface area contributed by atoms with Gasteiger partial charge in [-0.1, -0.05) is 25.0 Å². The van der Waals surface area contributed by atoms with Gasteiger partial charge in [0, 0.05) is 17.5 Å². The lowest BCUT2D eigenvalue weighted by Crippen LogP contribution is -2.28. The molecular formula is C24H28N6O2. The topological polar surface area (TPSA) is 92.8 Å². The molecule has 1 aliphatic carbocycles. The zero-order chi connectivity index (χ0) is 22.1. The number of hydrogen-bond donors (Lipinski definition) is 1. The van der Waals surface area contributed by atoms with E-state index in [0.29, 0.717) is 25.7 Å². The van der Waals surface area contributed by atoms with Crippen molar-refractivity contribution in [1.29, 1.82) is 0 Å². The van der Waals surface area contributed by atoms with Gasteiger partial charge in [-0.3, -0.25) is 9.69 Å². The number of nitrogens with zero attached hydrogens (tertiary/aromatic N) is 5. The van der Waals surface area contributed by atoms with Gasteiger partial charge < -0.3 is 9.40 Å². The number of rotatable bonds is 7. The van der Waals surface area contributed by atoms with Crippen molar-refractivity contribution in [2.24, 2.45) is 0 Å². The predicted molar refractivity (Wildman–Crippen MR) is 121 cm³/mol. The van der Waals surface area contributed by atoms with Crippen LogP contribution in [0, 0.1) is 13.8 Å². The summed E-state index contributed by atoms with van der Waals surface area (Å²) in [6.07, 6.45) is 6.32. The normalized spacial score (nSPS) is 14.7. The number of hydrogen-bond acceptors (Lipinski definition) is 6. The van der Waals surface area contributed by atoms with E-state index in [1.54, 1.807) is 6.26 Å². The van der Waals surface area contributed by atoms with Crippen LogP contribution in [0.1, 0.15) is 60.0 Å². The minimum Gasteiger partial charge on any atom is -0.468 e. The van der Waals surface area contributed by atoms with E-state index in [4.69, 9.17) is 4.42 Å². The van der Waals surface area contributed by atoms with E-state index < -0.39 is 0 Å². The van der Waals surface area contributed by atoms with Gasteiger partial charge in [-0.25, -0.2) is 4.68 Å². The Hall–Kier alpha value is -3.26. The first-order valence-corrected chi connectivity index (χ1v) is 11.2.